The van der Waals surface area contributed by atoms with E-state index < -0.39 is 0 Å². The van der Waals surface area contributed by atoms with Crippen molar-refractivity contribution in [3.05, 3.63) is 60.4 Å². The first kappa shape index (κ1) is 8.54. The van der Waals surface area contributed by atoms with E-state index in [-0.39, 0.29) is 6.10 Å². The van der Waals surface area contributed by atoms with Crippen LogP contribution in [0.3, 0.4) is 0 Å². The lowest BCUT2D eigenvalue weighted by atomic mass is 9.99. The van der Waals surface area contributed by atoms with E-state index in [2.05, 4.69) is 48.5 Å². The normalized spacial score (nSPS) is 19.3. The lowest BCUT2D eigenvalue weighted by Gasteiger charge is -2.13. The van der Waals surface area contributed by atoms with Crippen LogP contribution in [0.25, 0.3) is 10.8 Å². The molecule has 1 aliphatic heterocycles. The van der Waals surface area contributed by atoms with Crippen molar-refractivity contribution in [2.75, 3.05) is 0 Å². The van der Waals surface area contributed by atoms with Crippen LogP contribution < -0.4 is 0 Å². The van der Waals surface area contributed by atoms with Crippen molar-refractivity contribution < 1.29 is 4.74 Å². The van der Waals surface area contributed by atoms with E-state index in [1.807, 2.05) is 0 Å². The van der Waals surface area contributed by atoms with E-state index in [0.717, 1.165) is 6.42 Å². The van der Waals surface area contributed by atoms with E-state index >= 15 is 0 Å². The molecule has 2 aromatic rings. The summed E-state index contributed by atoms with van der Waals surface area (Å²) in [6.07, 6.45) is 5.06. The number of benzene rings is 2. The van der Waals surface area contributed by atoms with Gasteiger partial charge in [0, 0.05) is 12.0 Å². The van der Waals surface area contributed by atoms with Crippen molar-refractivity contribution in [1.82, 2.24) is 0 Å². The van der Waals surface area contributed by atoms with E-state index in [0.29, 0.717) is 0 Å². The van der Waals surface area contributed by atoms with Crippen molar-refractivity contribution in [2.45, 2.75) is 12.5 Å². The zero-order valence-corrected chi connectivity index (χ0v) is 8.39. The van der Waals surface area contributed by atoms with Gasteiger partial charge in [-0.25, -0.2) is 0 Å². The minimum Gasteiger partial charge on any atom is -0.493 e. The number of fused-ring (bicyclic) bond motifs is 1. The number of hydrogen-bond acceptors (Lipinski definition) is 1. The third kappa shape index (κ3) is 1.40. The number of ether oxygens (including phenoxy) is 1. The Balaban J connectivity index is 2.17. The van der Waals surface area contributed by atoms with E-state index in [1.165, 1.54) is 16.3 Å². The Morgan fingerprint density at radius 2 is 1.87 bits per heavy atom. The summed E-state index contributed by atoms with van der Waals surface area (Å²) in [6, 6.07) is 14.8. The van der Waals surface area contributed by atoms with Gasteiger partial charge in [0.05, 0.1) is 6.26 Å². The second-order valence-corrected chi connectivity index (χ2v) is 3.80. The van der Waals surface area contributed by atoms with E-state index in [4.69, 9.17) is 4.74 Å². The molecule has 0 fully saturated rings. The lowest BCUT2D eigenvalue weighted by Crippen LogP contribution is -1.95. The smallest absolute Gasteiger partial charge is 0.127 e. The number of rotatable bonds is 1. The fourth-order valence-corrected chi connectivity index (χ4v) is 2.12. The fraction of sp³-hybridized carbons (Fsp3) is 0.143. The van der Waals surface area contributed by atoms with Gasteiger partial charge in [0.2, 0.25) is 0 Å². The Morgan fingerprint density at radius 3 is 2.73 bits per heavy atom. The van der Waals surface area contributed by atoms with Crippen LogP contribution in [0.2, 0.25) is 0 Å². The first-order valence-electron chi connectivity index (χ1n) is 5.23. The van der Waals surface area contributed by atoms with E-state index in [1.54, 1.807) is 6.26 Å². The van der Waals surface area contributed by atoms with Gasteiger partial charge in [-0.1, -0.05) is 42.5 Å². The van der Waals surface area contributed by atoms with Gasteiger partial charge in [-0.3, -0.25) is 0 Å². The van der Waals surface area contributed by atoms with Crippen molar-refractivity contribution in [2.24, 2.45) is 0 Å². The molecule has 2 aromatic carbocycles. The van der Waals surface area contributed by atoms with Crippen molar-refractivity contribution in [3.63, 3.8) is 0 Å². The largest absolute Gasteiger partial charge is 0.493 e. The highest BCUT2D eigenvalue weighted by Gasteiger charge is 2.15. The lowest BCUT2D eigenvalue weighted by molar-refractivity contribution is 0.175. The van der Waals surface area contributed by atoms with Crippen molar-refractivity contribution in [3.8, 4) is 0 Å². The molecule has 1 heterocycles. The molecule has 0 aromatic heterocycles. The standard InChI is InChI=1S/C14H12O/c1-2-7-12-11(5-1)6-3-8-13(12)14-9-4-10-15-14/h1-8,10,14H,9H2/t14-/m1/s1. The minimum atomic E-state index is 0.205. The van der Waals surface area contributed by atoms with Gasteiger partial charge < -0.3 is 4.74 Å². The summed E-state index contributed by atoms with van der Waals surface area (Å²) < 4.78 is 5.57. The average Bonchev–Trinajstić information content (AvgIpc) is 2.82. The molecular formula is C14H12O. The first-order valence-corrected chi connectivity index (χ1v) is 5.23. The maximum Gasteiger partial charge on any atom is 0.127 e. The van der Waals surface area contributed by atoms with Crippen LogP contribution in [0.5, 0.6) is 0 Å². The molecule has 15 heavy (non-hydrogen) atoms. The predicted octanol–water partition coefficient (Wildman–Crippen LogP) is 3.81. The van der Waals surface area contributed by atoms with Crippen molar-refractivity contribution >= 4 is 10.8 Å². The molecule has 1 nitrogen and oxygen atoms in total. The SMILES string of the molecule is C1=CO[C@@H](c2cccc3ccccc23)C1. The molecule has 0 unspecified atom stereocenters. The van der Waals surface area contributed by atoms with Gasteiger partial charge in [0.25, 0.3) is 0 Å². The third-order valence-corrected chi connectivity index (χ3v) is 2.86. The molecule has 0 bridgehead atoms. The predicted molar refractivity (Wildman–Crippen MR) is 61.5 cm³/mol. The maximum absolute atomic E-state index is 5.57. The highest BCUT2D eigenvalue weighted by Crippen LogP contribution is 2.31. The Morgan fingerprint density at radius 1 is 1.00 bits per heavy atom. The maximum atomic E-state index is 5.57. The molecule has 1 aliphatic rings. The zero-order chi connectivity index (χ0) is 10.1. The zero-order valence-electron chi connectivity index (χ0n) is 8.39. The molecule has 0 amide bonds. The minimum absolute atomic E-state index is 0.205. The van der Waals surface area contributed by atoms with Crippen LogP contribution in [-0.2, 0) is 4.74 Å². The molecule has 0 aliphatic carbocycles. The van der Waals surface area contributed by atoms with Crippen LogP contribution in [0.1, 0.15) is 18.1 Å². The highest BCUT2D eigenvalue weighted by atomic mass is 16.5. The average molecular weight is 196 g/mol. The third-order valence-electron chi connectivity index (χ3n) is 2.86. The summed E-state index contributed by atoms with van der Waals surface area (Å²) in [4.78, 5) is 0. The summed E-state index contributed by atoms with van der Waals surface area (Å²) in [6.45, 7) is 0. The Hall–Kier alpha value is -1.76. The first-order chi connectivity index (χ1) is 7.45. The second kappa shape index (κ2) is 3.43. The number of hydrogen-bond donors (Lipinski definition) is 0. The molecule has 0 radical (unpaired) electrons. The topological polar surface area (TPSA) is 9.23 Å². The van der Waals surface area contributed by atoms with Gasteiger partial charge in [0.15, 0.2) is 0 Å². The van der Waals surface area contributed by atoms with E-state index in [9.17, 15) is 0 Å². The summed E-state index contributed by atoms with van der Waals surface area (Å²) in [7, 11) is 0. The molecule has 1 atom stereocenters. The second-order valence-electron chi connectivity index (χ2n) is 3.80. The van der Waals surface area contributed by atoms with Gasteiger partial charge in [-0.05, 0) is 16.8 Å². The molecular weight excluding hydrogens is 184 g/mol. The van der Waals surface area contributed by atoms with Crippen LogP contribution >= 0.6 is 0 Å². The molecule has 0 saturated heterocycles. The Kier molecular flexibility index (Phi) is 1.95. The monoisotopic (exact) mass is 196 g/mol. The van der Waals surface area contributed by atoms with Crippen LogP contribution in [0, 0.1) is 0 Å². The molecule has 74 valence electrons. The highest BCUT2D eigenvalue weighted by molar-refractivity contribution is 5.86. The van der Waals surface area contributed by atoms with Gasteiger partial charge in [0.1, 0.15) is 6.10 Å². The van der Waals surface area contributed by atoms with Crippen molar-refractivity contribution in [1.29, 1.82) is 0 Å². The van der Waals surface area contributed by atoms with Gasteiger partial charge >= 0.3 is 0 Å². The Labute approximate surface area is 89.0 Å². The molecule has 3 rings (SSSR count). The quantitative estimate of drug-likeness (QED) is 0.673. The summed E-state index contributed by atoms with van der Waals surface area (Å²) in [5, 5.41) is 2.58. The van der Waals surface area contributed by atoms with Crippen LogP contribution in [0.4, 0.5) is 0 Å². The molecule has 0 saturated carbocycles. The van der Waals surface area contributed by atoms with Crippen LogP contribution in [-0.4, -0.2) is 0 Å². The van der Waals surface area contributed by atoms with Crippen LogP contribution in [0.15, 0.2) is 54.8 Å². The molecule has 1 heteroatoms. The molecule has 0 N–H and O–H groups in total. The summed E-state index contributed by atoms with van der Waals surface area (Å²) in [5.74, 6) is 0. The van der Waals surface area contributed by atoms with Gasteiger partial charge in [-0.15, -0.1) is 0 Å². The fourth-order valence-electron chi connectivity index (χ4n) is 2.12. The van der Waals surface area contributed by atoms with Gasteiger partial charge in [-0.2, -0.15) is 0 Å². The Bertz CT molecular complexity index is 500. The summed E-state index contributed by atoms with van der Waals surface area (Å²) >= 11 is 0. The summed E-state index contributed by atoms with van der Waals surface area (Å²) in [5.41, 5.74) is 1.29. The molecule has 0 spiro atoms.